The second-order valence-electron chi connectivity index (χ2n) is 6.51. The number of hydrogen-bond acceptors (Lipinski definition) is 5. The number of pyridine rings is 1. The van der Waals surface area contributed by atoms with Gasteiger partial charge in [0.05, 0.1) is 5.52 Å². The third-order valence-corrected chi connectivity index (χ3v) is 4.65. The van der Waals surface area contributed by atoms with E-state index in [1.807, 2.05) is 6.07 Å². The number of hydrogen-bond donors (Lipinski definition) is 2. The number of rotatable bonds is 4. The highest BCUT2D eigenvalue weighted by Crippen LogP contribution is 2.33. The summed E-state index contributed by atoms with van der Waals surface area (Å²) in [6.45, 7) is 1.66. The van der Waals surface area contributed by atoms with Crippen LogP contribution in [0.1, 0.15) is 6.42 Å². The van der Waals surface area contributed by atoms with Crippen molar-refractivity contribution in [3.63, 3.8) is 0 Å². The number of aliphatic hydroxyl groups is 1. The molecule has 142 valence electrons. The Hall–Kier alpha value is -2.81. The van der Waals surface area contributed by atoms with E-state index in [1.165, 1.54) is 18.2 Å². The number of benzene rings is 1. The number of H-pyrrole nitrogens is 1. The molecule has 1 saturated heterocycles. The number of aromatic nitrogens is 3. The number of alkyl halides is 3. The molecule has 1 aromatic carbocycles. The summed E-state index contributed by atoms with van der Waals surface area (Å²) in [5, 5.41) is 16.9. The molecule has 4 rings (SSSR count). The molecule has 3 heterocycles. The monoisotopic (exact) mass is 378 g/mol. The molecule has 0 amide bonds. The minimum atomic E-state index is -4.75. The lowest BCUT2D eigenvalue weighted by Gasteiger charge is -2.17. The lowest BCUT2D eigenvalue weighted by atomic mass is 10.1. The number of aliphatic hydroxyl groups excluding tert-OH is 1. The Kier molecular flexibility index (Phi) is 4.39. The van der Waals surface area contributed by atoms with E-state index in [-0.39, 0.29) is 18.3 Å². The van der Waals surface area contributed by atoms with Crippen LogP contribution in [0.4, 0.5) is 19.0 Å². The highest BCUT2D eigenvalue weighted by molar-refractivity contribution is 5.94. The van der Waals surface area contributed by atoms with Crippen LogP contribution in [0.2, 0.25) is 0 Å². The zero-order chi connectivity index (χ0) is 19.0. The molecule has 1 aliphatic heterocycles. The van der Waals surface area contributed by atoms with Gasteiger partial charge in [0.15, 0.2) is 0 Å². The lowest BCUT2D eigenvalue weighted by Crippen LogP contribution is -2.21. The van der Waals surface area contributed by atoms with Gasteiger partial charge in [-0.05, 0) is 36.8 Å². The number of aromatic amines is 1. The first kappa shape index (κ1) is 17.6. The van der Waals surface area contributed by atoms with Gasteiger partial charge >= 0.3 is 6.36 Å². The van der Waals surface area contributed by atoms with Crippen molar-refractivity contribution in [1.29, 1.82) is 0 Å². The van der Waals surface area contributed by atoms with Crippen LogP contribution < -0.4 is 9.64 Å². The molecule has 3 aromatic rings. The van der Waals surface area contributed by atoms with Crippen LogP contribution in [0.15, 0.2) is 36.5 Å². The van der Waals surface area contributed by atoms with Crippen molar-refractivity contribution in [3.05, 3.63) is 36.5 Å². The van der Waals surface area contributed by atoms with Crippen molar-refractivity contribution in [3.8, 4) is 17.0 Å². The number of ether oxygens (including phenoxy) is 1. The van der Waals surface area contributed by atoms with Crippen LogP contribution >= 0.6 is 0 Å². The predicted molar refractivity (Wildman–Crippen MR) is 93.4 cm³/mol. The van der Waals surface area contributed by atoms with Gasteiger partial charge in [-0.25, -0.2) is 4.98 Å². The molecule has 0 spiro atoms. The van der Waals surface area contributed by atoms with E-state index in [1.54, 1.807) is 12.3 Å². The summed E-state index contributed by atoms with van der Waals surface area (Å²) in [5.74, 6) is 0.684. The molecular formula is C18H17F3N4O2. The Morgan fingerprint density at radius 3 is 2.85 bits per heavy atom. The van der Waals surface area contributed by atoms with Gasteiger partial charge in [0.1, 0.15) is 17.3 Å². The van der Waals surface area contributed by atoms with Crippen molar-refractivity contribution < 1.29 is 23.0 Å². The lowest BCUT2D eigenvalue weighted by molar-refractivity contribution is -0.274. The van der Waals surface area contributed by atoms with Crippen molar-refractivity contribution in [2.75, 3.05) is 24.6 Å². The van der Waals surface area contributed by atoms with Crippen molar-refractivity contribution in [2.24, 2.45) is 5.92 Å². The number of halogens is 3. The van der Waals surface area contributed by atoms with Crippen LogP contribution in [0.5, 0.6) is 5.75 Å². The van der Waals surface area contributed by atoms with Gasteiger partial charge < -0.3 is 14.7 Å². The molecule has 0 unspecified atom stereocenters. The topological polar surface area (TPSA) is 74.3 Å². The van der Waals surface area contributed by atoms with Gasteiger partial charge in [-0.1, -0.05) is 0 Å². The average molecular weight is 378 g/mol. The van der Waals surface area contributed by atoms with Crippen LogP contribution in [-0.2, 0) is 0 Å². The fraction of sp³-hybridized carbons (Fsp3) is 0.333. The smallest absolute Gasteiger partial charge is 0.406 e. The van der Waals surface area contributed by atoms with Gasteiger partial charge in [0, 0.05) is 42.8 Å². The molecule has 9 heteroatoms. The SMILES string of the molecule is OC[C@H]1CCN(c2cc(-c3n[nH]c4ccc(OC(F)(F)F)cc34)ccn2)C1. The summed E-state index contributed by atoms with van der Waals surface area (Å²) < 4.78 is 41.5. The van der Waals surface area contributed by atoms with Crippen LogP contribution in [0.25, 0.3) is 22.2 Å². The number of nitrogens with zero attached hydrogens (tertiary/aromatic N) is 3. The summed E-state index contributed by atoms with van der Waals surface area (Å²) >= 11 is 0. The van der Waals surface area contributed by atoms with E-state index in [2.05, 4.69) is 24.8 Å². The number of fused-ring (bicyclic) bond motifs is 1. The molecular weight excluding hydrogens is 361 g/mol. The van der Waals surface area contributed by atoms with Crippen LogP contribution in [-0.4, -0.2) is 46.3 Å². The maximum Gasteiger partial charge on any atom is 0.573 e. The third-order valence-electron chi connectivity index (χ3n) is 4.65. The standard InChI is InChI=1S/C18H17F3N4O2/c19-18(20,21)27-13-1-2-15-14(8-13)17(24-23-15)12-3-5-22-16(7-12)25-6-4-11(9-25)10-26/h1-3,5,7-8,11,26H,4,6,9-10H2,(H,23,24)/t11-/m0/s1. The minimum absolute atomic E-state index is 0.141. The first-order valence-corrected chi connectivity index (χ1v) is 8.49. The van der Waals surface area contributed by atoms with E-state index in [0.29, 0.717) is 16.6 Å². The largest absolute Gasteiger partial charge is 0.573 e. The van der Waals surface area contributed by atoms with Gasteiger partial charge in [-0.15, -0.1) is 13.2 Å². The first-order chi connectivity index (χ1) is 12.9. The second-order valence-corrected chi connectivity index (χ2v) is 6.51. The van der Waals surface area contributed by atoms with E-state index in [4.69, 9.17) is 0 Å². The predicted octanol–water partition coefficient (Wildman–Crippen LogP) is 3.34. The number of anilines is 1. The Labute approximate surface area is 152 Å². The molecule has 0 saturated carbocycles. The quantitative estimate of drug-likeness (QED) is 0.728. The van der Waals surface area contributed by atoms with Gasteiger partial charge in [-0.2, -0.15) is 5.10 Å². The Balaban J connectivity index is 1.68. The van der Waals surface area contributed by atoms with Crippen molar-refractivity contribution in [1.82, 2.24) is 15.2 Å². The Morgan fingerprint density at radius 2 is 2.11 bits per heavy atom. The van der Waals surface area contributed by atoms with Gasteiger partial charge in [-0.3, -0.25) is 5.10 Å². The molecule has 1 fully saturated rings. The van der Waals surface area contributed by atoms with Crippen LogP contribution in [0, 0.1) is 5.92 Å². The summed E-state index contributed by atoms with van der Waals surface area (Å²) in [6, 6.07) is 7.68. The Morgan fingerprint density at radius 1 is 1.26 bits per heavy atom. The summed E-state index contributed by atoms with van der Waals surface area (Å²) in [6.07, 6.45) is -2.21. The maximum atomic E-state index is 12.5. The molecule has 0 radical (unpaired) electrons. The van der Waals surface area contributed by atoms with Gasteiger partial charge in [0.25, 0.3) is 0 Å². The molecule has 6 nitrogen and oxygen atoms in total. The second kappa shape index (κ2) is 6.73. The van der Waals surface area contributed by atoms with E-state index < -0.39 is 6.36 Å². The average Bonchev–Trinajstić information content (AvgIpc) is 3.27. The fourth-order valence-electron chi connectivity index (χ4n) is 3.34. The van der Waals surface area contributed by atoms with E-state index >= 15 is 0 Å². The summed E-state index contributed by atoms with van der Waals surface area (Å²) in [4.78, 5) is 6.46. The maximum absolute atomic E-state index is 12.5. The summed E-state index contributed by atoms with van der Waals surface area (Å²) in [5.41, 5.74) is 1.88. The van der Waals surface area contributed by atoms with E-state index in [9.17, 15) is 18.3 Å². The van der Waals surface area contributed by atoms with Crippen molar-refractivity contribution in [2.45, 2.75) is 12.8 Å². The number of nitrogens with one attached hydrogen (secondary N) is 1. The third kappa shape index (κ3) is 3.68. The highest BCUT2D eigenvalue weighted by Gasteiger charge is 2.31. The molecule has 1 aliphatic rings. The molecule has 1 atom stereocenters. The molecule has 2 N–H and O–H groups in total. The van der Waals surface area contributed by atoms with Crippen molar-refractivity contribution >= 4 is 16.7 Å². The van der Waals surface area contributed by atoms with Crippen LogP contribution in [0.3, 0.4) is 0 Å². The van der Waals surface area contributed by atoms with Gasteiger partial charge in [0.2, 0.25) is 0 Å². The highest BCUT2D eigenvalue weighted by atomic mass is 19.4. The molecule has 27 heavy (non-hydrogen) atoms. The molecule has 0 aliphatic carbocycles. The zero-order valence-electron chi connectivity index (χ0n) is 14.2. The zero-order valence-corrected chi connectivity index (χ0v) is 14.2. The molecule has 0 bridgehead atoms. The molecule has 2 aromatic heterocycles. The Bertz CT molecular complexity index is 957. The fourth-order valence-corrected chi connectivity index (χ4v) is 3.34. The normalized spacial score (nSPS) is 17.6. The minimum Gasteiger partial charge on any atom is -0.406 e. The first-order valence-electron chi connectivity index (χ1n) is 8.49. The summed E-state index contributed by atoms with van der Waals surface area (Å²) in [7, 11) is 0. The van der Waals surface area contributed by atoms with E-state index in [0.717, 1.165) is 30.9 Å².